The highest BCUT2D eigenvalue weighted by Gasteiger charge is 2.15. The largest absolute Gasteiger partial charge is 0.461 e. The fraction of sp³-hybridized carbons (Fsp3) is 0.579. The number of esters is 2. The van der Waals surface area contributed by atoms with E-state index in [1.807, 2.05) is 0 Å². The van der Waals surface area contributed by atoms with Gasteiger partial charge in [-0.3, -0.25) is 9.59 Å². The molecule has 0 aliphatic rings. The Morgan fingerprint density at radius 2 is 1.31 bits per heavy atom. The average molecular weight is 369 g/mol. The molecule has 2 unspecified atom stereocenters. The highest BCUT2D eigenvalue weighted by Crippen LogP contribution is 2.07. The highest BCUT2D eigenvalue weighted by atomic mass is 16.5. The van der Waals surface area contributed by atoms with Crippen LogP contribution in [0.4, 0.5) is 0 Å². The van der Waals surface area contributed by atoms with E-state index in [9.17, 15) is 19.2 Å². The maximum Gasteiger partial charge on any atom is 0.323 e. The molecule has 0 rings (SSSR count). The number of carbonyl (C=O) groups excluding carboxylic acids is 4. The Balaban J connectivity index is 0. The molecule has 26 heavy (non-hydrogen) atoms. The lowest BCUT2D eigenvalue weighted by Gasteiger charge is -2.08. The van der Waals surface area contributed by atoms with E-state index in [4.69, 9.17) is 15.2 Å². The fourth-order valence-corrected chi connectivity index (χ4v) is 1.55. The van der Waals surface area contributed by atoms with Gasteiger partial charge in [-0.2, -0.15) is 0 Å². The topological polar surface area (TPSA) is 113 Å². The third-order valence-corrected chi connectivity index (χ3v) is 3.13. The van der Waals surface area contributed by atoms with Crippen molar-refractivity contribution >= 4 is 23.5 Å². The number of hydrogen-bond donors (Lipinski definition) is 1. The number of ketones is 2. The van der Waals surface area contributed by atoms with Crippen molar-refractivity contribution in [2.75, 3.05) is 13.2 Å². The van der Waals surface area contributed by atoms with Gasteiger partial charge in [0.25, 0.3) is 0 Å². The van der Waals surface area contributed by atoms with Crippen LogP contribution in [-0.4, -0.2) is 42.8 Å². The SMILES string of the molecule is C=CCOC(=O)C(C)CCC(C)=O.C=CCOC(=O)C(N)CCC(C)=O. The van der Waals surface area contributed by atoms with E-state index in [1.165, 1.54) is 26.0 Å². The molecule has 0 fully saturated rings. The van der Waals surface area contributed by atoms with Crippen molar-refractivity contribution in [2.24, 2.45) is 11.7 Å². The molecule has 7 heteroatoms. The van der Waals surface area contributed by atoms with Gasteiger partial charge in [0.15, 0.2) is 0 Å². The standard InChI is InChI=1S/C10H16O3.C9H15NO3/c1-4-7-13-10(12)8(2)5-6-9(3)11;1-3-6-13-9(12)8(10)5-4-7(2)11/h4,8H,1,5-7H2,2-3H3;3,8H,1,4-6,10H2,2H3. The lowest BCUT2D eigenvalue weighted by Crippen LogP contribution is -2.32. The molecule has 0 amide bonds. The summed E-state index contributed by atoms with van der Waals surface area (Å²) in [4.78, 5) is 43.3. The predicted molar refractivity (Wildman–Crippen MR) is 99.3 cm³/mol. The van der Waals surface area contributed by atoms with Crippen molar-refractivity contribution in [3.05, 3.63) is 25.3 Å². The van der Waals surface area contributed by atoms with Crippen LogP contribution in [-0.2, 0) is 28.7 Å². The smallest absolute Gasteiger partial charge is 0.323 e. The molecule has 2 N–H and O–H groups in total. The third-order valence-electron chi connectivity index (χ3n) is 3.13. The Kier molecular flexibility index (Phi) is 16.2. The van der Waals surface area contributed by atoms with Crippen molar-refractivity contribution in [1.29, 1.82) is 0 Å². The summed E-state index contributed by atoms with van der Waals surface area (Å²) in [5.74, 6) is -0.832. The lowest BCUT2D eigenvalue weighted by atomic mass is 10.0. The normalized spacial score (nSPS) is 11.8. The van der Waals surface area contributed by atoms with Gasteiger partial charge in [0, 0.05) is 12.8 Å². The minimum Gasteiger partial charge on any atom is -0.461 e. The summed E-state index contributed by atoms with van der Waals surface area (Å²) in [6.07, 6.45) is 4.64. The fourth-order valence-electron chi connectivity index (χ4n) is 1.55. The zero-order valence-electron chi connectivity index (χ0n) is 16.0. The number of nitrogens with two attached hydrogens (primary N) is 1. The third kappa shape index (κ3) is 16.6. The van der Waals surface area contributed by atoms with Gasteiger partial charge in [0.2, 0.25) is 0 Å². The van der Waals surface area contributed by atoms with Crippen LogP contribution in [0.15, 0.2) is 25.3 Å². The van der Waals surface area contributed by atoms with Crippen molar-refractivity contribution in [3.8, 4) is 0 Å². The zero-order valence-corrected chi connectivity index (χ0v) is 16.0. The van der Waals surface area contributed by atoms with E-state index in [2.05, 4.69) is 13.2 Å². The Hall–Kier alpha value is -2.28. The number of carbonyl (C=O) groups is 4. The summed E-state index contributed by atoms with van der Waals surface area (Å²) < 4.78 is 9.51. The second kappa shape index (κ2) is 16.2. The minimum atomic E-state index is -0.705. The van der Waals surface area contributed by atoms with E-state index < -0.39 is 12.0 Å². The zero-order chi connectivity index (χ0) is 20.5. The van der Waals surface area contributed by atoms with Crippen LogP contribution in [0.5, 0.6) is 0 Å². The number of Topliss-reactive ketones (excluding diaryl/α,β-unsaturated/α-hetero) is 2. The van der Waals surface area contributed by atoms with Gasteiger partial charge in [-0.15, -0.1) is 0 Å². The average Bonchev–Trinajstić information content (AvgIpc) is 2.60. The van der Waals surface area contributed by atoms with E-state index >= 15 is 0 Å². The summed E-state index contributed by atoms with van der Waals surface area (Å²) in [6, 6.07) is -0.705. The van der Waals surface area contributed by atoms with Crippen LogP contribution >= 0.6 is 0 Å². The van der Waals surface area contributed by atoms with Crippen LogP contribution in [0, 0.1) is 5.92 Å². The van der Waals surface area contributed by atoms with E-state index in [1.54, 1.807) is 6.92 Å². The van der Waals surface area contributed by atoms with Gasteiger partial charge in [-0.1, -0.05) is 32.2 Å². The van der Waals surface area contributed by atoms with Crippen LogP contribution < -0.4 is 5.73 Å². The molecule has 0 heterocycles. The van der Waals surface area contributed by atoms with Crippen LogP contribution in [0.3, 0.4) is 0 Å². The molecule has 0 saturated heterocycles. The number of hydrogen-bond acceptors (Lipinski definition) is 7. The lowest BCUT2D eigenvalue weighted by molar-refractivity contribution is -0.147. The molecule has 0 aromatic heterocycles. The summed E-state index contributed by atoms with van der Waals surface area (Å²) >= 11 is 0. The van der Waals surface area contributed by atoms with E-state index in [-0.39, 0.29) is 36.7 Å². The summed E-state index contributed by atoms with van der Waals surface area (Å²) in [5.41, 5.74) is 5.45. The molecule has 0 saturated carbocycles. The summed E-state index contributed by atoms with van der Waals surface area (Å²) in [6.45, 7) is 12.0. The minimum absolute atomic E-state index is 0.0203. The maximum absolute atomic E-state index is 11.1. The molecule has 0 radical (unpaired) electrons. The first kappa shape index (κ1) is 26.0. The first-order valence-corrected chi connectivity index (χ1v) is 8.45. The Morgan fingerprint density at radius 1 is 0.885 bits per heavy atom. The predicted octanol–water partition coefficient (Wildman–Crippen LogP) is 2.13. The van der Waals surface area contributed by atoms with Gasteiger partial charge < -0.3 is 24.8 Å². The number of ether oxygens (including phenoxy) is 2. The monoisotopic (exact) mass is 369 g/mol. The second-order valence-electron chi connectivity index (χ2n) is 5.83. The van der Waals surface area contributed by atoms with Crippen LogP contribution in [0.2, 0.25) is 0 Å². The van der Waals surface area contributed by atoms with Crippen molar-refractivity contribution < 1.29 is 28.7 Å². The second-order valence-corrected chi connectivity index (χ2v) is 5.83. The molecule has 0 spiro atoms. The first-order chi connectivity index (χ1) is 12.1. The van der Waals surface area contributed by atoms with Crippen molar-refractivity contribution in [1.82, 2.24) is 0 Å². The Labute approximate surface area is 155 Å². The van der Waals surface area contributed by atoms with Gasteiger partial charge in [0.1, 0.15) is 30.8 Å². The van der Waals surface area contributed by atoms with Crippen molar-refractivity contribution in [2.45, 2.75) is 52.5 Å². The summed E-state index contributed by atoms with van der Waals surface area (Å²) in [7, 11) is 0. The molecule has 0 aliphatic carbocycles. The van der Waals surface area contributed by atoms with Gasteiger partial charge >= 0.3 is 11.9 Å². The van der Waals surface area contributed by atoms with Crippen molar-refractivity contribution in [3.63, 3.8) is 0 Å². The van der Waals surface area contributed by atoms with Gasteiger partial charge in [0.05, 0.1) is 5.92 Å². The highest BCUT2D eigenvalue weighted by molar-refractivity contribution is 5.79. The van der Waals surface area contributed by atoms with Gasteiger partial charge in [-0.25, -0.2) is 0 Å². The molecule has 0 aromatic carbocycles. The Morgan fingerprint density at radius 3 is 1.73 bits per heavy atom. The van der Waals surface area contributed by atoms with E-state index in [0.29, 0.717) is 25.7 Å². The Bertz CT molecular complexity index is 442. The molecule has 0 aliphatic heterocycles. The molecular weight excluding hydrogens is 338 g/mol. The van der Waals surface area contributed by atoms with Crippen LogP contribution in [0.25, 0.3) is 0 Å². The molecular formula is C19H31NO6. The maximum atomic E-state index is 11.1. The van der Waals surface area contributed by atoms with E-state index in [0.717, 1.165) is 0 Å². The van der Waals surface area contributed by atoms with Gasteiger partial charge in [-0.05, 0) is 26.7 Å². The molecule has 0 aromatic rings. The van der Waals surface area contributed by atoms with Crippen LogP contribution in [0.1, 0.15) is 46.5 Å². The number of rotatable bonds is 12. The summed E-state index contributed by atoms with van der Waals surface area (Å²) in [5, 5.41) is 0. The molecule has 148 valence electrons. The molecule has 7 nitrogen and oxygen atoms in total. The molecule has 2 atom stereocenters. The molecule has 0 bridgehead atoms. The quantitative estimate of drug-likeness (QED) is 0.414. The first-order valence-electron chi connectivity index (χ1n) is 8.45.